The molecule has 78 valence electrons. The highest BCUT2D eigenvalue weighted by Crippen LogP contribution is 2.20. The van der Waals surface area contributed by atoms with Gasteiger partial charge in [0.15, 0.2) is 0 Å². The van der Waals surface area contributed by atoms with Crippen molar-refractivity contribution >= 4 is 6.79 Å². The molecule has 2 nitrogen and oxygen atoms in total. The van der Waals surface area contributed by atoms with Crippen molar-refractivity contribution in [1.82, 2.24) is 5.32 Å². The molecule has 1 N–H and O–H groups in total. The number of carbonyl (C=O) groups excluding carboxylic acids is 1. The molecule has 1 heterocycles. The van der Waals surface area contributed by atoms with Gasteiger partial charge in [-0.1, -0.05) is 17.7 Å². The quantitative estimate of drug-likeness (QED) is 0.687. The van der Waals surface area contributed by atoms with Gasteiger partial charge in [0.2, 0.25) is 0 Å². The lowest BCUT2D eigenvalue weighted by Crippen LogP contribution is -2.08. The minimum absolute atomic E-state index is 0.148. The van der Waals surface area contributed by atoms with Crippen molar-refractivity contribution < 1.29 is 9.18 Å². The van der Waals surface area contributed by atoms with E-state index in [1.807, 2.05) is 13.7 Å². The lowest BCUT2D eigenvalue weighted by molar-refractivity contribution is -0.0979. The van der Waals surface area contributed by atoms with Crippen LogP contribution in [0.25, 0.3) is 0 Å². The highest BCUT2D eigenvalue weighted by molar-refractivity contribution is 5.38. The Bertz CT molecular complexity index is 279. The standard InChI is InChI=1S/C10H14FN.CH2O/c1-7(2)4-10(11)9-6-12-5-8(9)3;1-2/h4,12H,1,5-6H2,2-3H3;1H2/b10-4+;. The monoisotopic (exact) mass is 197 g/mol. The Labute approximate surface area is 84.2 Å². The fourth-order valence-corrected chi connectivity index (χ4v) is 1.22. The summed E-state index contributed by atoms with van der Waals surface area (Å²) in [5.74, 6) is -0.148. The number of hydrogen-bond acceptors (Lipinski definition) is 2. The fraction of sp³-hybridized carbons (Fsp3) is 0.364. The Morgan fingerprint density at radius 2 is 2.07 bits per heavy atom. The molecule has 0 bridgehead atoms. The van der Waals surface area contributed by atoms with E-state index in [2.05, 4.69) is 11.9 Å². The van der Waals surface area contributed by atoms with E-state index >= 15 is 0 Å². The average molecular weight is 197 g/mol. The van der Waals surface area contributed by atoms with Gasteiger partial charge in [-0.3, -0.25) is 0 Å². The number of halogens is 1. The number of allylic oxidation sites excluding steroid dienone is 2. The van der Waals surface area contributed by atoms with Gasteiger partial charge in [-0.2, -0.15) is 0 Å². The Balaban J connectivity index is 0.000000791. The first-order chi connectivity index (χ1) is 6.61. The molecule has 3 heteroatoms. The second-order valence-corrected chi connectivity index (χ2v) is 3.20. The first-order valence-electron chi connectivity index (χ1n) is 4.32. The molecule has 0 aromatic heterocycles. The van der Waals surface area contributed by atoms with Crippen LogP contribution in [0.3, 0.4) is 0 Å². The van der Waals surface area contributed by atoms with E-state index in [9.17, 15) is 4.39 Å². The Kier molecular flexibility index (Phi) is 5.72. The third kappa shape index (κ3) is 3.66. The van der Waals surface area contributed by atoms with Crippen LogP contribution in [0.1, 0.15) is 13.8 Å². The third-order valence-corrected chi connectivity index (χ3v) is 1.87. The third-order valence-electron chi connectivity index (χ3n) is 1.87. The van der Waals surface area contributed by atoms with Crippen LogP contribution >= 0.6 is 0 Å². The number of carbonyl (C=O) groups is 1. The minimum atomic E-state index is -0.148. The second kappa shape index (κ2) is 6.27. The van der Waals surface area contributed by atoms with Crippen LogP contribution in [-0.2, 0) is 4.79 Å². The van der Waals surface area contributed by atoms with Gasteiger partial charge in [0.05, 0.1) is 0 Å². The molecule has 0 unspecified atom stereocenters. The summed E-state index contributed by atoms with van der Waals surface area (Å²) in [6, 6.07) is 0. The minimum Gasteiger partial charge on any atom is -0.309 e. The van der Waals surface area contributed by atoms with Crippen molar-refractivity contribution in [1.29, 1.82) is 0 Å². The molecule has 0 amide bonds. The molecule has 0 aromatic carbocycles. The van der Waals surface area contributed by atoms with E-state index in [0.717, 1.165) is 23.3 Å². The SMILES string of the molecule is C=C(C)/C=C(/F)C1=C(C)CNC1.C=O. The molecule has 0 spiro atoms. The van der Waals surface area contributed by atoms with E-state index in [1.165, 1.54) is 6.08 Å². The Morgan fingerprint density at radius 3 is 2.43 bits per heavy atom. The van der Waals surface area contributed by atoms with Gasteiger partial charge in [0.25, 0.3) is 0 Å². The largest absolute Gasteiger partial charge is 0.309 e. The zero-order chi connectivity index (χ0) is 11.1. The normalized spacial score (nSPS) is 16.4. The zero-order valence-electron chi connectivity index (χ0n) is 8.69. The predicted octanol–water partition coefficient (Wildman–Crippen LogP) is 2.15. The van der Waals surface area contributed by atoms with Crippen molar-refractivity contribution in [3.05, 3.63) is 35.2 Å². The van der Waals surface area contributed by atoms with Crippen molar-refractivity contribution in [3.63, 3.8) is 0 Å². The van der Waals surface area contributed by atoms with E-state index in [0.29, 0.717) is 6.54 Å². The lowest BCUT2D eigenvalue weighted by Gasteiger charge is -1.98. The van der Waals surface area contributed by atoms with Crippen LogP contribution in [0.5, 0.6) is 0 Å². The average Bonchev–Trinajstić information content (AvgIpc) is 2.54. The summed E-state index contributed by atoms with van der Waals surface area (Å²) in [4.78, 5) is 8.00. The van der Waals surface area contributed by atoms with E-state index < -0.39 is 0 Å². The number of nitrogens with one attached hydrogen (secondary N) is 1. The molecule has 1 aliphatic rings. The van der Waals surface area contributed by atoms with Crippen LogP contribution in [0.4, 0.5) is 4.39 Å². The molecule has 0 saturated carbocycles. The summed E-state index contributed by atoms with van der Waals surface area (Å²) >= 11 is 0. The van der Waals surface area contributed by atoms with Crippen molar-refractivity contribution in [3.8, 4) is 0 Å². The smallest absolute Gasteiger partial charge is 0.127 e. The van der Waals surface area contributed by atoms with Gasteiger partial charge < -0.3 is 10.1 Å². The Hall–Kier alpha value is -1.22. The lowest BCUT2D eigenvalue weighted by atomic mass is 10.1. The summed E-state index contributed by atoms with van der Waals surface area (Å²) in [6.07, 6.45) is 1.48. The van der Waals surface area contributed by atoms with E-state index in [4.69, 9.17) is 4.79 Å². The van der Waals surface area contributed by atoms with Gasteiger partial charge in [0, 0.05) is 18.7 Å². The number of rotatable bonds is 2. The topological polar surface area (TPSA) is 29.1 Å². The van der Waals surface area contributed by atoms with Gasteiger partial charge in [-0.15, -0.1) is 0 Å². The maximum Gasteiger partial charge on any atom is 0.127 e. The first-order valence-corrected chi connectivity index (χ1v) is 4.32. The predicted molar refractivity (Wildman–Crippen MR) is 56.7 cm³/mol. The molecule has 0 atom stereocenters. The highest BCUT2D eigenvalue weighted by atomic mass is 19.1. The summed E-state index contributed by atoms with van der Waals surface area (Å²) in [5, 5.41) is 3.09. The maximum atomic E-state index is 13.3. The summed E-state index contributed by atoms with van der Waals surface area (Å²) in [6.45, 7) is 10.8. The summed E-state index contributed by atoms with van der Waals surface area (Å²) in [5.41, 5.74) is 2.63. The van der Waals surface area contributed by atoms with Crippen molar-refractivity contribution in [2.75, 3.05) is 13.1 Å². The molecule has 0 saturated heterocycles. The van der Waals surface area contributed by atoms with E-state index in [-0.39, 0.29) is 5.83 Å². The number of hydrogen-bond donors (Lipinski definition) is 1. The molecule has 0 radical (unpaired) electrons. The summed E-state index contributed by atoms with van der Waals surface area (Å²) in [7, 11) is 0. The van der Waals surface area contributed by atoms with Crippen LogP contribution in [-0.4, -0.2) is 19.9 Å². The molecule has 1 rings (SSSR count). The zero-order valence-corrected chi connectivity index (χ0v) is 8.69. The van der Waals surface area contributed by atoms with Crippen molar-refractivity contribution in [2.45, 2.75) is 13.8 Å². The Morgan fingerprint density at radius 1 is 1.50 bits per heavy atom. The maximum absolute atomic E-state index is 13.3. The fourth-order valence-electron chi connectivity index (χ4n) is 1.22. The van der Waals surface area contributed by atoms with Gasteiger partial charge in [0.1, 0.15) is 12.6 Å². The van der Waals surface area contributed by atoms with Crippen LogP contribution in [0.2, 0.25) is 0 Å². The van der Waals surface area contributed by atoms with Gasteiger partial charge in [-0.25, -0.2) is 4.39 Å². The molecule has 14 heavy (non-hydrogen) atoms. The molecule has 1 aliphatic heterocycles. The van der Waals surface area contributed by atoms with Crippen LogP contribution in [0.15, 0.2) is 35.2 Å². The molecular weight excluding hydrogens is 181 g/mol. The second-order valence-electron chi connectivity index (χ2n) is 3.20. The summed E-state index contributed by atoms with van der Waals surface area (Å²) < 4.78 is 13.3. The van der Waals surface area contributed by atoms with Gasteiger partial charge >= 0.3 is 0 Å². The molecule has 0 aliphatic carbocycles. The molecular formula is C11H16FNO. The van der Waals surface area contributed by atoms with Gasteiger partial charge in [-0.05, 0) is 19.9 Å². The highest BCUT2D eigenvalue weighted by Gasteiger charge is 2.13. The molecule has 0 aromatic rings. The van der Waals surface area contributed by atoms with Crippen molar-refractivity contribution in [2.24, 2.45) is 0 Å². The molecule has 0 fully saturated rings. The van der Waals surface area contributed by atoms with Crippen LogP contribution < -0.4 is 5.32 Å². The first kappa shape index (κ1) is 12.8. The van der Waals surface area contributed by atoms with E-state index in [1.54, 1.807) is 6.92 Å². The van der Waals surface area contributed by atoms with Crippen LogP contribution in [0, 0.1) is 0 Å².